The average molecular weight is 187 g/mol. The Morgan fingerprint density at radius 1 is 1.69 bits per heavy atom. The molecule has 1 rings (SSSR count). The summed E-state index contributed by atoms with van der Waals surface area (Å²) in [5, 5.41) is 2.89. The molecule has 13 heavy (non-hydrogen) atoms. The maximum absolute atomic E-state index is 11.3. The van der Waals surface area contributed by atoms with Gasteiger partial charge in [-0.3, -0.25) is 4.79 Å². The molecule has 0 aliphatic carbocycles. The smallest absolute Gasteiger partial charge is 0.220 e. The SMILES string of the molecule is COCC(C)CC(=O)NC1COC1. The first-order valence-corrected chi connectivity index (χ1v) is 4.58. The lowest BCUT2D eigenvalue weighted by molar-refractivity contribution is -0.126. The summed E-state index contributed by atoms with van der Waals surface area (Å²) in [4.78, 5) is 11.3. The first kappa shape index (κ1) is 10.5. The van der Waals surface area contributed by atoms with Crippen LogP contribution in [0.4, 0.5) is 0 Å². The number of nitrogens with one attached hydrogen (secondary N) is 1. The molecule has 1 amide bonds. The van der Waals surface area contributed by atoms with Gasteiger partial charge in [-0.1, -0.05) is 6.92 Å². The summed E-state index contributed by atoms with van der Waals surface area (Å²) in [6.45, 7) is 3.95. The Morgan fingerprint density at radius 3 is 2.85 bits per heavy atom. The van der Waals surface area contributed by atoms with Gasteiger partial charge < -0.3 is 14.8 Å². The first-order chi connectivity index (χ1) is 6.22. The van der Waals surface area contributed by atoms with Crippen molar-refractivity contribution in [3.8, 4) is 0 Å². The fourth-order valence-corrected chi connectivity index (χ4v) is 1.27. The Kier molecular flexibility index (Phi) is 4.18. The summed E-state index contributed by atoms with van der Waals surface area (Å²) in [6, 6.07) is 0.238. The highest BCUT2D eigenvalue weighted by Gasteiger charge is 2.20. The lowest BCUT2D eigenvalue weighted by Crippen LogP contribution is -2.48. The van der Waals surface area contributed by atoms with E-state index in [1.807, 2.05) is 6.92 Å². The third-order valence-electron chi connectivity index (χ3n) is 1.99. The van der Waals surface area contributed by atoms with Gasteiger partial charge in [0, 0.05) is 20.1 Å². The quantitative estimate of drug-likeness (QED) is 0.667. The van der Waals surface area contributed by atoms with E-state index in [2.05, 4.69) is 5.32 Å². The molecule has 0 bridgehead atoms. The van der Waals surface area contributed by atoms with E-state index in [0.29, 0.717) is 26.2 Å². The highest BCUT2D eigenvalue weighted by atomic mass is 16.5. The van der Waals surface area contributed by atoms with Crippen molar-refractivity contribution in [2.75, 3.05) is 26.9 Å². The molecule has 0 spiro atoms. The van der Waals surface area contributed by atoms with Crippen LogP contribution in [-0.4, -0.2) is 38.9 Å². The number of amides is 1. The predicted molar refractivity (Wildman–Crippen MR) is 48.4 cm³/mol. The van der Waals surface area contributed by atoms with Crippen LogP contribution in [0.25, 0.3) is 0 Å². The zero-order chi connectivity index (χ0) is 9.68. The van der Waals surface area contributed by atoms with Gasteiger partial charge in [0.2, 0.25) is 5.91 Å². The molecule has 1 aliphatic rings. The zero-order valence-corrected chi connectivity index (χ0v) is 8.21. The maximum atomic E-state index is 11.3. The van der Waals surface area contributed by atoms with Crippen molar-refractivity contribution < 1.29 is 14.3 Å². The molecule has 1 atom stereocenters. The Hall–Kier alpha value is -0.610. The normalized spacial score (nSPS) is 19.2. The van der Waals surface area contributed by atoms with Crippen LogP contribution in [0.15, 0.2) is 0 Å². The number of hydrogen-bond acceptors (Lipinski definition) is 3. The molecule has 1 aliphatic heterocycles. The third kappa shape index (κ3) is 3.74. The van der Waals surface area contributed by atoms with Crippen LogP contribution < -0.4 is 5.32 Å². The maximum Gasteiger partial charge on any atom is 0.220 e. The Labute approximate surface area is 78.6 Å². The molecule has 0 radical (unpaired) electrons. The lowest BCUT2D eigenvalue weighted by atomic mass is 10.1. The molecule has 76 valence electrons. The van der Waals surface area contributed by atoms with Crippen LogP contribution in [0, 0.1) is 5.92 Å². The van der Waals surface area contributed by atoms with Gasteiger partial charge >= 0.3 is 0 Å². The molecule has 1 saturated heterocycles. The summed E-state index contributed by atoms with van der Waals surface area (Å²) >= 11 is 0. The van der Waals surface area contributed by atoms with Gasteiger partial charge in [-0.15, -0.1) is 0 Å². The van der Waals surface area contributed by atoms with E-state index >= 15 is 0 Å². The number of ether oxygens (including phenoxy) is 2. The minimum absolute atomic E-state index is 0.0952. The molecule has 0 aromatic carbocycles. The highest BCUT2D eigenvalue weighted by Crippen LogP contribution is 2.04. The monoisotopic (exact) mass is 187 g/mol. The largest absolute Gasteiger partial charge is 0.384 e. The van der Waals surface area contributed by atoms with E-state index < -0.39 is 0 Å². The number of hydrogen-bond donors (Lipinski definition) is 1. The summed E-state index contributed by atoms with van der Waals surface area (Å²) in [7, 11) is 1.65. The standard InChI is InChI=1S/C9H17NO3/c1-7(4-12-2)3-9(11)10-8-5-13-6-8/h7-8H,3-6H2,1-2H3,(H,10,11). The number of methoxy groups -OCH3 is 1. The van der Waals surface area contributed by atoms with Gasteiger partial charge in [-0.2, -0.15) is 0 Å². The van der Waals surface area contributed by atoms with Crippen molar-refractivity contribution in [1.82, 2.24) is 5.32 Å². The van der Waals surface area contributed by atoms with E-state index in [4.69, 9.17) is 9.47 Å². The second kappa shape index (κ2) is 5.19. The second-order valence-electron chi connectivity index (χ2n) is 3.57. The number of carbonyl (C=O) groups is 1. The van der Waals surface area contributed by atoms with E-state index in [0.717, 1.165) is 0 Å². The van der Waals surface area contributed by atoms with Crippen LogP contribution in [-0.2, 0) is 14.3 Å². The fraction of sp³-hybridized carbons (Fsp3) is 0.889. The van der Waals surface area contributed by atoms with Crippen molar-refractivity contribution in [2.45, 2.75) is 19.4 Å². The van der Waals surface area contributed by atoms with Crippen LogP contribution in [0.3, 0.4) is 0 Å². The van der Waals surface area contributed by atoms with Gasteiger partial charge in [0.1, 0.15) is 0 Å². The highest BCUT2D eigenvalue weighted by molar-refractivity contribution is 5.76. The lowest BCUT2D eigenvalue weighted by Gasteiger charge is -2.27. The molecular formula is C9H17NO3. The molecule has 1 fully saturated rings. The molecule has 1 heterocycles. The Bertz CT molecular complexity index is 168. The molecular weight excluding hydrogens is 170 g/mol. The Balaban J connectivity index is 2.08. The molecule has 0 aromatic heterocycles. The van der Waals surface area contributed by atoms with Crippen molar-refractivity contribution in [2.24, 2.45) is 5.92 Å². The van der Waals surface area contributed by atoms with Crippen molar-refractivity contribution in [1.29, 1.82) is 0 Å². The van der Waals surface area contributed by atoms with Gasteiger partial charge in [0.15, 0.2) is 0 Å². The van der Waals surface area contributed by atoms with E-state index in [-0.39, 0.29) is 17.9 Å². The Morgan fingerprint density at radius 2 is 2.38 bits per heavy atom. The molecule has 4 heteroatoms. The van der Waals surface area contributed by atoms with Gasteiger partial charge in [0.25, 0.3) is 0 Å². The van der Waals surface area contributed by atoms with Crippen LogP contribution in [0.5, 0.6) is 0 Å². The topological polar surface area (TPSA) is 47.6 Å². The molecule has 0 aromatic rings. The minimum atomic E-state index is 0.0952. The predicted octanol–water partition coefficient (Wildman–Crippen LogP) is 0.174. The van der Waals surface area contributed by atoms with E-state index in [9.17, 15) is 4.79 Å². The minimum Gasteiger partial charge on any atom is -0.384 e. The van der Waals surface area contributed by atoms with E-state index in [1.165, 1.54) is 0 Å². The van der Waals surface area contributed by atoms with E-state index in [1.54, 1.807) is 7.11 Å². The average Bonchev–Trinajstić information content (AvgIpc) is 1.97. The van der Waals surface area contributed by atoms with Gasteiger partial charge in [-0.25, -0.2) is 0 Å². The van der Waals surface area contributed by atoms with Crippen molar-refractivity contribution in [3.63, 3.8) is 0 Å². The van der Waals surface area contributed by atoms with Crippen LogP contribution >= 0.6 is 0 Å². The molecule has 1 unspecified atom stereocenters. The summed E-state index contributed by atoms with van der Waals surface area (Å²) < 4.78 is 9.89. The molecule has 0 saturated carbocycles. The fourth-order valence-electron chi connectivity index (χ4n) is 1.27. The van der Waals surface area contributed by atoms with Crippen molar-refractivity contribution >= 4 is 5.91 Å². The van der Waals surface area contributed by atoms with Crippen LogP contribution in [0.2, 0.25) is 0 Å². The zero-order valence-electron chi connectivity index (χ0n) is 8.21. The molecule has 4 nitrogen and oxygen atoms in total. The first-order valence-electron chi connectivity index (χ1n) is 4.58. The second-order valence-corrected chi connectivity index (χ2v) is 3.57. The molecule has 1 N–H and O–H groups in total. The van der Waals surface area contributed by atoms with Gasteiger partial charge in [-0.05, 0) is 5.92 Å². The van der Waals surface area contributed by atoms with Crippen LogP contribution in [0.1, 0.15) is 13.3 Å². The summed E-state index contributed by atoms with van der Waals surface area (Å²) in [5.74, 6) is 0.379. The summed E-state index contributed by atoms with van der Waals surface area (Å²) in [5.41, 5.74) is 0. The number of rotatable bonds is 5. The van der Waals surface area contributed by atoms with Crippen molar-refractivity contribution in [3.05, 3.63) is 0 Å². The third-order valence-corrected chi connectivity index (χ3v) is 1.99. The summed E-state index contributed by atoms with van der Waals surface area (Å²) in [6.07, 6.45) is 0.532. The number of carbonyl (C=O) groups excluding carboxylic acids is 1. The van der Waals surface area contributed by atoms with Gasteiger partial charge in [0.05, 0.1) is 19.3 Å².